The van der Waals surface area contributed by atoms with Crippen LogP contribution in [-0.4, -0.2) is 11.1 Å². The molecule has 0 saturated heterocycles. The summed E-state index contributed by atoms with van der Waals surface area (Å²) in [4.78, 5) is 10.7. The highest BCUT2D eigenvalue weighted by atomic mass is 35.5. The van der Waals surface area contributed by atoms with Crippen LogP contribution in [-0.2, 0) is 4.79 Å². The number of hydrogen-bond acceptors (Lipinski definition) is 1. The normalized spacial score (nSPS) is 12.2. The lowest BCUT2D eigenvalue weighted by Crippen LogP contribution is -1.98. The molecule has 0 radical (unpaired) electrons. The molecule has 0 aliphatic rings. The highest BCUT2D eigenvalue weighted by molar-refractivity contribution is 6.30. The van der Waals surface area contributed by atoms with Crippen molar-refractivity contribution in [3.63, 3.8) is 0 Å². The van der Waals surface area contributed by atoms with E-state index >= 15 is 0 Å². The summed E-state index contributed by atoms with van der Waals surface area (Å²) in [5.41, 5.74) is 1.92. The van der Waals surface area contributed by atoms with Crippen molar-refractivity contribution >= 4 is 23.1 Å². The first-order valence-electron chi connectivity index (χ1n) is 4.19. The Morgan fingerprint density at radius 1 is 1.36 bits per heavy atom. The third kappa shape index (κ3) is 2.36. The van der Waals surface area contributed by atoms with Crippen molar-refractivity contribution < 1.29 is 9.90 Å². The zero-order valence-electron chi connectivity index (χ0n) is 8.04. The molecule has 0 saturated carbocycles. The summed E-state index contributed by atoms with van der Waals surface area (Å²) in [5.74, 6) is -0.900. The van der Waals surface area contributed by atoms with Gasteiger partial charge in [-0.1, -0.05) is 23.7 Å². The van der Waals surface area contributed by atoms with Crippen LogP contribution >= 0.6 is 11.6 Å². The fourth-order valence-electron chi connectivity index (χ4n) is 1.10. The first kappa shape index (κ1) is 10.8. The minimum absolute atomic E-state index is 0.340. The van der Waals surface area contributed by atoms with Gasteiger partial charge in [0.15, 0.2) is 0 Å². The Labute approximate surface area is 87.8 Å². The van der Waals surface area contributed by atoms with Crippen molar-refractivity contribution in [2.45, 2.75) is 13.8 Å². The maximum Gasteiger partial charge on any atom is 0.331 e. The van der Waals surface area contributed by atoms with E-state index in [1.807, 2.05) is 6.07 Å². The zero-order chi connectivity index (χ0) is 10.7. The number of carboxylic acid groups (broad SMARTS) is 1. The van der Waals surface area contributed by atoms with E-state index in [9.17, 15) is 4.79 Å². The van der Waals surface area contributed by atoms with Gasteiger partial charge in [0, 0.05) is 10.6 Å². The molecule has 74 valence electrons. The lowest BCUT2D eigenvalue weighted by atomic mass is 10.0. The zero-order valence-corrected chi connectivity index (χ0v) is 8.80. The van der Waals surface area contributed by atoms with Gasteiger partial charge in [-0.15, -0.1) is 0 Å². The number of benzene rings is 1. The smallest absolute Gasteiger partial charge is 0.331 e. The van der Waals surface area contributed by atoms with Crippen molar-refractivity contribution in [3.05, 3.63) is 40.4 Å². The molecule has 0 fully saturated rings. The third-order valence-electron chi connectivity index (χ3n) is 2.14. The van der Waals surface area contributed by atoms with Gasteiger partial charge in [0.1, 0.15) is 0 Å². The van der Waals surface area contributed by atoms with Crippen molar-refractivity contribution in [1.29, 1.82) is 0 Å². The summed E-state index contributed by atoms with van der Waals surface area (Å²) >= 11 is 5.80. The molecule has 0 aromatic heterocycles. The molecule has 1 aromatic carbocycles. The van der Waals surface area contributed by atoms with E-state index < -0.39 is 5.97 Å². The molecular formula is C11H11ClO2. The van der Waals surface area contributed by atoms with Gasteiger partial charge in [0.05, 0.1) is 0 Å². The molecule has 0 atom stereocenters. The monoisotopic (exact) mass is 210 g/mol. The van der Waals surface area contributed by atoms with Gasteiger partial charge in [-0.3, -0.25) is 0 Å². The van der Waals surface area contributed by atoms with Crippen molar-refractivity contribution in [2.75, 3.05) is 0 Å². The van der Waals surface area contributed by atoms with E-state index in [4.69, 9.17) is 16.7 Å². The van der Waals surface area contributed by atoms with Crippen LogP contribution in [0, 0.1) is 0 Å². The predicted octanol–water partition coefficient (Wildman–Crippen LogP) is 3.22. The Bertz CT molecular complexity index is 394. The summed E-state index contributed by atoms with van der Waals surface area (Å²) in [6, 6.07) is 7.15. The highest BCUT2D eigenvalue weighted by Gasteiger charge is 2.06. The molecule has 1 aromatic rings. The van der Waals surface area contributed by atoms with Crippen LogP contribution in [0.1, 0.15) is 19.4 Å². The Hall–Kier alpha value is -1.28. The van der Waals surface area contributed by atoms with E-state index in [-0.39, 0.29) is 0 Å². The molecule has 0 spiro atoms. The van der Waals surface area contributed by atoms with Gasteiger partial charge in [-0.05, 0) is 37.1 Å². The largest absolute Gasteiger partial charge is 0.478 e. The number of hydrogen-bond donors (Lipinski definition) is 1. The van der Waals surface area contributed by atoms with Crippen LogP contribution in [0.4, 0.5) is 0 Å². The third-order valence-corrected chi connectivity index (χ3v) is 2.38. The standard InChI is InChI=1S/C11H11ClO2/c1-7(8(2)11(13)14)9-4-3-5-10(12)6-9/h3-6H,1-2H3,(H,13,14)/b8-7+. The average Bonchev–Trinajstić information content (AvgIpc) is 2.15. The fourth-order valence-corrected chi connectivity index (χ4v) is 1.29. The molecule has 0 unspecified atom stereocenters. The van der Waals surface area contributed by atoms with E-state index in [0.29, 0.717) is 10.6 Å². The summed E-state index contributed by atoms with van der Waals surface area (Å²) in [6.45, 7) is 3.35. The van der Waals surface area contributed by atoms with Gasteiger partial charge < -0.3 is 5.11 Å². The highest BCUT2D eigenvalue weighted by Crippen LogP contribution is 2.21. The summed E-state index contributed by atoms with van der Waals surface area (Å²) < 4.78 is 0. The molecule has 0 aliphatic carbocycles. The van der Waals surface area contributed by atoms with Gasteiger partial charge >= 0.3 is 5.97 Å². The molecule has 0 aliphatic heterocycles. The lowest BCUT2D eigenvalue weighted by molar-refractivity contribution is -0.132. The minimum Gasteiger partial charge on any atom is -0.478 e. The van der Waals surface area contributed by atoms with Gasteiger partial charge in [0.2, 0.25) is 0 Å². The van der Waals surface area contributed by atoms with Crippen LogP contribution in [0.5, 0.6) is 0 Å². The van der Waals surface area contributed by atoms with Crippen molar-refractivity contribution in [1.82, 2.24) is 0 Å². The quantitative estimate of drug-likeness (QED) is 0.761. The Balaban J connectivity index is 3.18. The molecular weight excluding hydrogens is 200 g/mol. The maximum atomic E-state index is 10.7. The minimum atomic E-state index is -0.900. The van der Waals surface area contributed by atoms with Crippen molar-refractivity contribution in [2.24, 2.45) is 0 Å². The number of rotatable bonds is 2. The number of carbonyl (C=O) groups is 1. The van der Waals surface area contributed by atoms with E-state index in [2.05, 4.69) is 0 Å². The first-order chi connectivity index (χ1) is 6.52. The summed E-state index contributed by atoms with van der Waals surface area (Å²) in [7, 11) is 0. The lowest BCUT2D eigenvalue weighted by Gasteiger charge is -2.04. The van der Waals surface area contributed by atoms with Crippen LogP contribution in [0.15, 0.2) is 29.8 Å². The molecule has 2 nitrogen and oxygen atoms in total. The number of allylic oxidation sites excluding steroid dienone is 1. The molecule has 0 amide bonds. The number of halogens is 1. The molecule has 3 heteroatoms. The Morgan fingerprint density at radius 2 is 2.00 bits per heavy atom. The molecule has 1 N–H and O–H groups in total. The molecule has 0 heterocycles. The average molecular weight is 211 g/mol. The van der Waals surface area contributed by atoms with Crippen LogP contribution in [0.2, 0.25) is 5.02 Å². The molecule has 14 heavy (non-hydrogen) atoms. The van der Waals surface area contributed by atoms with Gasteiger partial charge in [0.25, 0.3) is 0 Å². The van der Waals surface area contributed by atoms with E-state index in [1.165, 1.54) is 0 Å². The number of aliphatic carboxylic acids is 1. The van der Waals surface area contributed by atoms with Crippen molar-refractivity contribution in [3.8, 4) is 0 Å². The SMILES string of the molecule is C/C(C(=O)O)=C(/C)c1cccc(Cl)c1. The molecule has 0 bridgehead atoms. The maximum absolute atomic E-state index is 10.7. The van der Waals surface area contributed by atoms with Crippen LogP contribution in [0.3, 0.4) is 0 Å². The number of carboxylic acids is 1. The van der Waals surface area contributed by atoms with Gasteiger partial charge in [-0.25, -0.2) is 4.79 Å². The topological polar surface area (TPSA) is 37.3 Å². The fraction of sp³-hybridized carbons (Fsp3) is 0.182. The van der Waals surface area contributed by atoms with Gasteiger partial charge in [-0.2, -0.15) is 0 Å². The Morgan fingerprint density at radius 3 is 2.50 bits per heavy atom. The van der Waals surface area contributed by atoms with E-state index in [1.54, 1.807) is 32.0 Å². The predicted molar refractivity (Wildman–Crippen MR) is 57.4 cm³/mol. The second-order valence-corrected chi connectivity index (χ2v) is 3.50. The molecule has 1 rings (SSSR count). The first-order valence-corrected chi connectivity index (χ1v) is 4.57. The second kappa shape index (κ2) is 4.29. The van der Waals surface area contributed by atoms with Crippen LogP contribution in [0.25, 0.3) is 5.57 Å². The van der Waals surface area contributed by atoms with Crippen LogP contribution < -0.4 is 0 Å². The summed E-state index contributed by atoms with van der Waals surface area (Å²) in [5, 5.41) is 9.40. The summed E-state index contributed by atoms with van der Waals surface area (Å²) in [6.07, 6.45) is 0. The second-order valence-electron chi connectivity index (χ2n) is 3.07. The Kier molecular flexibility index (Phi) is 3.31. The van der Waals surface area contributed by atoms with E-state index in [0.717, 1.165) is 11.1 Å².